The second kappa shape index (κ2) is 4.65. The van der Waals surface area contributed by atoms with Gasteiger partial charge >= 0.3 is 0 Å². The SMILES string of the molecule is O=C1NC(=O)c2c(C3(O)CCCCC3)ccc3cccc1c23. The summed E-state index contributed by atoms with van der Waals surface area (Å²) in [6, 6.07) is 9.18. The zero-order valence-corrected chi connectivity index (χ0v) is 12.2. The monoisotopic (exact) mass is 295 g/mol. The first-order valence-corrected chi connectivity index (χ1v) is 7.74. The van der Waals surface area contributed by atoms with Gasteiger partial charge in [0.25, 0.3) is 11.8 Å². The van der Waals surface area contributed by atoms with Crippen molar-refractivity contribution in [3.05, 3.63) is 47.0 Å². The highest BCUT2D eigenvalue weighted by Crippen LogP contribution is 2.41. The molecule has 0 spiro atoms. The number of rotatable bonds is 1. The van der Waals surface area contributed by atoms with Crippen LogP contribution in [0.2, 0.25) is 0 Å². The molecule has 1 fully saturated rings. The van der Waals surface area contributed by atoms with E-state index in [0.29, 0.717) is 34.9 Å². The number of aliphatic hydroxyl groups is 1. The Morgan fingerprint density at radius 1 is 0.955 bits per heavy atom. The molecule has 4 nitrogen and oxygen atoms in total. The summed E-state index contributed by atoms with van der Waals surface area (Å²) >= 11 is 0. The second-order valence-electron chi connectivity index (χ2n) is 6.27. The van der Waals surface area contributed by atoms with E-state index in [0.717, 1.165) is 24.6 Å². The van der Waals surface area contributed by atoms with Gasteiger partial charge in [-0.3, -0.25) is 14.9 Å². The molecule has 4 rings (SSSR count). The molecule has 2 aromatic carbocycles. The van der Waals surface area contributed by atoms with Gasteiger partial charge in [-0.25, -0.2) is 0 Å². The first-order chi connectivity index (χ1) is 10.6. The molecule has 2 aromatic rings. The van der Waals surface area contributed by atoms with Gasteiger partial charge in [-0.15, -0.1) is 0 Å². The van der Waals surface area contributed by atoms with Crippen LogP contribution in [-0.2, 0) is 5.60 Å². The maximum Gasteiger partial charge on any atom is 0.259 e. The van der Waals surface area contributed by atoms with Crippen molar-refractivity contribution in [3.8, 4) is 0 Å². The Balaban J connectivity index is 2.04. The van der Waals surface area contributed by atoms with Crippen LogP contribution >= 0.6 is 0 Å². The summed E-state index contributed by atoms with van der Waals surface area (Å²) in [5.74, 6) is -0.765. The van der Waals surface area contributed by atoms with Crippen molar-refractivity contribution in [3.63, 3.8) is 0 Å². The van der Waals surface area contributed by atoms with Crippen LogP contribution in [0.25, 0.3) is 10.8 Å². The van der Waals surface area contributed by atoms with E-state index in [2.05, 4.69) is 5.32 Å². The average Bonchev–Trinajstić information content (AvgIpc) is 2.52. The highest BCUT2D eigenvalue weighted by molar-refractivity contribution is 6.26. The highest BCUT2D eigenvalue weighted by atomic mass is 16.3. The molecule has 0 unspecified atom stereocenters. The lowest BCUT2D eigenvalue weighted by molar-refractivity contribution is -0.00131. The number of nitrogens with one attached hydrogen (secondary N) is 1. The first-order valence-electron chi connectivity index (χ1n) is 7.74. The van der Waals surface area contributed by atoms with Gasteiger partial charge in [0.05, 0.1) is 11.2 Å². The third-order valence-electron chi connectivity index (χ3n) is 4.93. The molecule has 0 saturated heterocycles. The third-order valence-corrected chi connectivity index (χ3v) is 4.93. The minimum atomic E-state index is -0.966. The van der Waals surface area contributed by atoms with Gasteiger partial charge in [0, 0.05) is 10.9 Å². The summed E-state index contributed by atoms with van der Waals surface area (Å²) in [6.07, 6.45) is 4.34. The van der Waals surface area contributed by atoms with Crippen LogP contribution in [0.3, 0.4) is 0 Å². The van der Waals surface area contributed by atoms with E-state index >= 15 is 0 Å². The quantitative estimate of drug-likeness (QED) is 0.795. The van der Waals surface area contributed by atoms with Crippen molar-refractivity contribution in [1.29, 1.82) is 0 Å². The molecule has 4 heteroatoms. The molecular formula is C18H17NO3. The van der Waals surface area contributed by atoms with Gasteiger partial charge in [-0.1, -0.05) is 43.5 Å². The van der Waals surface area contributed by atoms with Crippen LogP contribution in [0.4, 0.5) is 0 Å². The lowest BCUT2D eigenvalue weighted by Crippen LogP contribution is -2.38. The number of carbonyl (C=O) groups is 2. The Hall–Kier alpha value is -2.20. The zero-order valence-electron chi connectivity index (χ0n) is 12.2. The van der Waals surface area contributed by atoms with E-state index < -0.39 is 11.5 Å². The van der Waals surface area contributed by atoms with E-state index in [1.54, 1.807) is 6.07 Å². The van der Waals surface area contributed by atoms with E-state index in [1.807, 2.05) is 24.3 Å². The van der Waals surface area contributed by atoms with E-state index in [-0.39, 0.29) is 5.91 Å². The average molecular weight is 295 g/mol. The van der Waals surface area contributed by atoms with Gasteiger partial charge in [0.15, 0.2) is 0 Å². The number of amides is 2. The van der Waals surface area contributed by atoms with Gasteiger partial charge in [0.2, 0.25) is 0 Å². The molecule has 0 atom stereocenters. The fraction of sp³-hybridized carbons (Fsp3) is 0.333. The summed E-state index contributed by atoms with van der Waals surface area (Å²) in [7, 11) is 0. The summed E-state index contributed by atoms with van der Waals surface area (Å²) in [6.45, 7) is 0. The van der Waals surface area contributed by atoms with E-state index in [4.69, 9.17) is 0 Å². The summed E-state index contributed by atoms with van der Waals surface area (Å²) in [5.41, 5.74) is 0.676. The third kappa shape index (κ3) is 1.80. The maximum absolute atomic E-state index is 12.4. The minimum Gasteiger partial charge on any atom is -0.385 e. The van der Waals surface area contributed by atoms with Crippen molar-refractivity contribution in [1.82, 2.24) is 5.32 Å². The van der Waals surface area contributed by atoms with Crippen LogP contribution in [-0.4, -0.2) is 16.9 Å². The summed E-state index contributed by atoms with van der Waals surface area (Å²) in [4.78, 5) is 24.5. The van der Waals surface area contributed by atoms with Crippen LogP contribution in [0.1, 0.15) is 58.4 Å². The van der Waals surface area contributed by atoms with Crippen molar-refractivity contribution in [2.24, 2.45) is 0 Å². The Kier molecular flexibility index (Phi) is 2.84. The number of hydrogen-bond donors (Lipinski definition) is 2. The Morgan fingerprint density at radius 2 is 1.73 bits per heavy atom. The zero-order chi connectivity index (χ0) is 15.3. The molecule has 1 heterocycles. The normalized spacial score (nSPS) is 20.0. The Labute approximate surface area is 128 Å². The second-order valence-corrected chi connectivity index (χ2v) is 6.27. The summed E-state index contributed by atoms with van der Waals surface area (Å²) in [5, 5.41) is 15.0. The first kappa shape index (κ1) is 13.5. The largest absolute Gasteiger partial charge is 0.385 e. The topological polar surface area (TPSA) is 66.4 Å². The molecule has 0 bridgehead atoms. The number of benzene rings is 2. The summed E-state index contributed by atoms with van der Waals surface area (Å²) < 4.78 is 0. The van der Waals surface area contributed by atoms with E-state index in [1.165, 1.54) is 0 Å². The van der Waals surface area contributed by atoms with Crippen molar-refractivity contribution in [2.75, 3.05) is 0 Å². The molecule has 2 aliphatic rings. The Bertz CT molecular complexity index is 803. The smallest absolute Gasteiger partial charge is 0.259 e. The molecule has 2 amide bonds. The fourth-order valence-electron chi connectivity index (χ4n) is 3.83. The fourth-order valence-corrected chi connectivity index (χ4v) is 3.83. The maximum atomic E-state index is 12.4. The van der Waals surface area contributed by atoms with Gasteiger partial charge in [-0.05, 0) is 29.9 Å². The molecule has 2 N–H and O–H groups in total. The predicted molar refractivity (Wildman–Crippen MR) is 82.7 cm³/mol. The van der Waals surface area contributed by atoms with Gasteiger partial charge < -0.3 is 5.11 Å². The molecule has 0 radical (unpaired) electrons. The Morgan fingerprint density at radius 3 is 2.50 bits per heavy atom. The van der Waals surface area contributed by atoms with Crippen molar-refractivity contribution < 1.29 is 14.7 Å². The highest BCUT2D eigenvalue weighted by Gasteiger charge is 2.37. The lowest BCUT2D eigenvalue weighted by atomic mass is 9.76. The van der Waals surface area contributed by atoms with Crippen molar-refractivity contribution in [2.45, 2.75) is 37.7 Å². The number of carbonyl (C=O) groups excluding carboxylic acids is 2. The van der Waals surface area contributed by atoms with Gasteiger partial charge in [0.1, 0.15) is 0 Å². The predicted octanol–water partition coefficient (Wildman–Crippen LogP) is 2.88. The van der Waals surface area contributed by atoms with Crippen LogP contribution in [0.15, 0.2) is 30.3 Å². The van der Waals surface area contributed by atoms with E-state index in [9.17, 15) is 14.7 Å². The number of imide groups is 1. The number of hydrogen-bond acceptors (Lipinski definition) is 3. The van der Waals surface area contributed by atoms with Crippen LogP contribution in [0.5, 0.6) is 0 Å². The molecular weight excluding hydrogens is 278 g/mol. The molecule has 1 aliphatic heterocycles. The lowest BCUT2D eigenvalue weighted by Gasteiger charge is -2.35. The molecule has 22 heavy (non-hydrogen) atoms. The molecule has 112 valence electrons. The molecule has 1 aliphatic carbocycles. The van der Waals surface area contributed by atoms with Crippen molar-refractivity contribution >= 4 is 22.6 Å². The van der Waals surface area contributed by atoms with Crippen LogP contribution in [0, 0.1) is 0 Å². The molecule has 0 aromatic heterocycles. The standard InChI is InChI=1S/C18H17NO3/c20-16-12-6-4-5-11-7-8-13(15(14(11)12)17(21)19-16)18(22)9-2-1-3-10-18/h4-8,22H,1-3,9-10H2,(H,19,20,21). The van der Waals surface area contributed by atoms with Crippen LogP contribution < -0.4 is 5.32 Å². The molecule has 1 saturated carbocycles. The minimum absolute atomic E-state index is 0.365. The van der Waals surface area contributed by atoms with Gasteiger partial charge in [-0.2, -0.15) is 0 Å².